The van der Waals surface area contributed by atoms with Crippen LogP contribution in [-0.2, 0) is 28.6 Å². The van der Waals surface area contributed by atoms with Crippen LogP contribution in [0.25, 0.3) is 0 Å². The van der Waals surface area contributed by atoms with Crippen molar-refractivity contribution in [1.29, 1.82) is 0 Å². The summed E-state index contributed by atoms with van der Waals surface area (Å²) in [6, 6.07) is 7.52. The number of esters is 3. The summed E-state index contributed by atoms with van der Waals surface area (Å²) in [6.07, 6.45) is -0.950. The third kappa shape index (κ3) is 3.96. The van der Waals surface area contributed by atoms with Crippen LogP contribution in [0.1, 0.15) is 16.8 Å². The molecule has 8 nitrogen and oxygen atoms in total. The van der Waals surface area contributed by atoms with Crippen LogP contribution in [0.3, 0.4) is 0 Å². The summed E-state index contributed by atoms with van der Waals surface area (Å²) in [5, 5.41) is 10.7. The van der Waals surface area contributed by atoms with Gasteiger partial charge in [0.1, 0.15) is 0 Å². The van der Waals surface area contributed by atoms with E-state index in [2.05, 4.69) is 14.2 Å². The maximum absolute atomic E-state index is 12.7. The van der Waals surface area contributed by atoms with Gasteiger partial charge in [-0.1, -0.05) is 30.3 Å². The van der Waals surface area contributed by atoms with E-state index in [0.29, 0.717) is 0 Å². The van der Waals surface area contributed by atoms with E-state index in [1.165, 1.54) is 12.1 Å². The highest BCUT2D eigenvalue weighted by Gasteiger charge is 2.55. The van der Waals surface area contributed by atoms with Gasteiger partial charge in [0, 0.05) is 5.56 Å². The summed E-state index contributed by atoms with van der Waals surface area (Å²) < 4.78 is 13.4. The molecular formula is C16H18O8. The minimum atomic E-state index is -2.76. The average molecular weight is 338 g/mol. The van der Waals surface area contributed by atoms with Crippen molar-refractivity contribution >= 4 is 23.7 Å². The third-order valence-electron chi connectivity index (χ3n) is 3.42. The second-order valence-electron chi connectivity index (χ2n) is 4.86. The van der Waals surface area contributed by atoms with Crippen molar-refractivity contribution < 1.29 is 38.5 Å². The molecule has 8 heteroatoms. The van der Waals surface area contributed by atoms with Crippen LogP contribution >= 0.6 is 0 Å². The van der Waals surface area contributed by atoms with Gasteiger partial charge in [-0.05, 0) is 0 Å². The van der Waals surface area contributed by atoms with Crippen LogP contribution in [0, 0.1) is 5.92 Å². The molecule has 0 radical (unpaired) electrons. The van der Waals surface area contributed by atoms with Crippen LogP contribution < -0.4 is 0 Å². The molecule has 0 saturated heterocycles. The van der Waals surface area contributed by atoms with E-state index in [1.807, 2.05) is 0 Å². The monoisotopic (exact) mass is 338 g/mol. The number of hydrogen-bond acceptors (Lipinski definition) is 8. The number of hydrogen-bond donors (Lipinski definition) is 1. The van der Waals surface area contributed by atoms with E-state index in [9.17, 15) is 24.3 Å². The number of aliphatic hydroxyl groups is 1. The van der Waals surface area contributed by atoms with E-state index in [1.54, 1.807) is 18.2 Å². The smallest absolute Gasteiger partial charge is 0.339 e. The highest BCUT2D eigenvalue weighted by molar-refractivity contribution is 6.13. The first kappa shape index (κ1) is 19.3. The highest BCUT2D eigenvalue weighted by Crippen LogP contribution is 2.29. The molecule has 2 atom stereocenters. The van der Waals surface area contributed by atoms with Gasteiger partial charge >= 0.3 is 17.9 Å². The zero-order valence-corrected chi connectivity index (χ0v) is 13.5. The predicted molar refractivity (Wildman–Crippen MR) is 79.9 cm³/mol. The van der Waals surface area contributed by atoms with Crippen LogP contribution in [-0.4, -0.2) is 55.7 Å². The van der Waals surface area contributed by atoms with Crippen molar-refractivity contribution in [3.8, 4) is 0 Å². The Morgan fingerprint density at radius 1 is 1.00 bits per heavy atom. The number of ether oxygens (including phenoxy) is 3. The molecule has 1 aromatic rings. The molecular weight excluding hydrogens is 320 g/mol. The summed E-state index contributed by atoms with van der Waals surface area (Å²) in [7, 11) is 2.97. The van der Waals surface area contributed by atoms with Gasteiger partial charge in [0.2, 0.25) is 0 Å². The van der Waals surface area contributed by atoms with Gasteiger partial charge in [0.05, 0.1) is 27.8 Å². The molecule has 0 aromatic heterocycles. The number of benzene rings is 1. The first-order chi connectivity index (χ1) is 11.3. The normalized spacial score (nSPS) is 14.0. The average Bonchev–Trinajstić information content (AvgIpc) is 2.61. The zero-order valence-electron chi connectivity index (χ0n) is 13.5. The lowest BCUT2D eigenvalue weighted by molar-refractivity contribution is -0.179. The van der Waals surface area contributed by atoms with Crippen LogP contribution in [0.5, 0.6) is 0 Å². The number of Topliss-reactive ketones (excluding diaryl/α,β-unsaturated/α-hetero) is 1. The minimum Gasteiger partial charge on any atom is -0.469 e. The lowest BCUT2D eigenvalue weighted by Crippen LogP contribution is -2.55. The standard InChI is InChI=1S/C16H18O8/c1-22-11(17)9-16(21,15(20)24-3)12(14(19)23-2)13(18)10-7-5-4-6-8-10/h4-8,12,21H,9H2,1-3H3. The maximum Gasteiger partial charge on any atom is 0.339 e. The Labute approximate surface area is 138 Å². The molecule has 0 bridgehead atoms. The lowest BCUT2D eigenvalue weighted by atomic mass is 9.79. The van der Waals surface area contributed by atoms with Crippen molar-refractivity contribution in [3.05, 3.63) is 35.9 Å². The molecule has 0 aliphatic rings. The van der Waals surface area contributed by atoms with Crippen LogP contribution in [0.2, 0.25) is 0 Å². The predicted octanol–water partition coefficient (Wildman–Crippen LogP) is 0.126. The molecule has 0 heterocycles. The van der Waals surface area contributed by atoms with E-state index in [4.69, 9.17) is 0 Å². The van der Waals surface area contributed by atoms with E-state index < -0.39 is 41.6 Å². The fraction of sp³-hybridized carbons (Fsp3) is 0.375. The summed E-state index contributed by atoms with van der Waals surface area (Å²) in [6.45, 7) is 0. The molecule has 130 valence electrons. The molecule has 0 aliphatic heterocycles. The first-order valence-electron chi connectivity index (χ1n) is 6.86. The fourth-order valence-electron chi connectivity index (χ4n) is 2.17. The third-order valence-corrected chi connectivity index (χ3v) is 3.42. The van der Waals surface area contributed by atoms with E-state index >= 15 is 0 Å². The van der Waals surface area contributed by atoms with Crippen molar-refractivity contribution in [2.45, 2.75) is 12.0 Å². The second-order valence-corrected chi connectivity index (χ2v) is 4.86. The molecule has 2 unspecified atom stereocenters. The van der Waals surface area contributed by atoms with Gasteiger partial charge < -0.3 is 19.3 Å². The van der Waals surface area contributed by atoms with Crippen molar-refractivity contribution in [2.24, 2.45) is 5.92 Å². The number of ketones is 1. The number of carbonyl (C=O) groups is 4. The first-order valence-corrected chi connectivity index (χ1v) is 6.86. The zero-order chi connectivity index (χ0) is 18.3. The Morgan fingerprint density at radius 3 is 2.04 bits per heavy atom. The second kappa shape index (κ2) is 8.21. The summed E-state index contributed by atoms with van der Waals surface area (Å²) in [5.41, 5.74) is -2.71. The van der Waals surface area contributed by atoms with Gasteiger partial charge in [-0.15, -0.1) is 0 Å². The fourth-order valence-corrected chi connectivity index (χ4v) is 2.17. The van der Waals surface area contributed by atoms with Crippen molar-refractivity contribution in [3.63, 3.8) is 0 Å². The SMILES string of the molecule is COC(=O)CC(O)(C(=O)OC)C(C(=O)OC)C(=O)c1ccccc1. The van der Waals surface area contributed by atoms with Gasteiger partial charge in [-0.2, -0.15) is 0 Å². The molecule has 1 N–H and O–H groups in total. The maximum atomic E-state index is 12.7. The topological polar surface area (TPSA) is 116 Å². The molecule has 1 aromatic carbocycles. The Hall–Kier alpha value is -2.74. The Morgan fingerprint density at radius 2 is 1.58 bits per heavy atom. The Balaban J connectivity index is 3.42. The lowest BCUT2D eigenvalue weighted by Gasteiger charge is -2.30. The molecule has 0 fully saturated rings. The molecule has 24 heavy (non-hydrogen) atoms. The van der Waals surface area contributed by atoms with Gasteiger partial charge in [0.25, 0.3) is 0 Å². The van der Waals surface area contributed by atoms with Crippen molar-refractivity contribution in [2.75, 3.05) is 21.3 Å². The minimum absolute atomic E-state index is 0.0556. The molecule has 0 aliphatic carbocycles. The summed E-state index contributed by atoms with van der Waals surface area (Å²) in [4.78, 5) is 48.4. The van der Waals surface area contributed by atoms with Crippen LogP contribution in [0.4, 0.5) is 0 Å². The Kier molecular flexibility index (Phi) is 6.60. The quantitative estimate of drug-likeness (QED) is 0.323. The summed E-state index contributed by atoms with van der Waals surface area (Å²) >= 11 is 0. The number of rotatable bonds is 7. The molecule has 0 spiro atoms. The Bertz CT molecular complexity index is 624. The number of methoxy groups -OCH3 is 3. The van der Waals surface area contributed by atoms with E-state index in [-0.39, 0.29) is 5.56 Å². The summed E-state index contributed by atoms with van der Waals surface area (Å²) in [5.74, 6) is -6.39. The highest BCUT2D eigenvalue weighted by atomic mass is 16.6. The van der Waals surface area contributed by atoms with Gasteiger partial charge in [-0.25, -0.2) is 4.79 Å². The van der Waals surface area contributed by atoms with Gasteiger partial charge in [-0.3, -0.25) is 14.4 Å². The largest absolute Gasteiger partial charge is 0.469 e. The van der Waals surface area contributed by atoms with Crippen molar-refractivity contribution in [1.82, 2.24) is 0 Å². The van der Waals surface area contributed by atoms with Gasteiger partial charge in [0.15, 0.2) is 17.3 Å². The molecule has 0 saturated carbocycles. The van der Waals surface area contributed by atoms with Crippen LogP contribution in [0.15, 0.2) is 30.3 Å². The molecule has 1 rings (SSSR count). The van der Waals surface area contributed by atoms with E-state index in [0.717, 1.165) is 21.3 Å². The molecule has 0 amide bonds. The number of carbonyl (C=O) groups excluding carboxylic acids is 4.